The van der Waals surface area contributed by atoms with Crippen molar-refractivity contribution in [1.82, 2.24) is 9.97 Å². The Morgan fingerprint density at radius 3 is 3.27 bits per heavy atom. The number of azo groups is 1. The van der Waals surface area contributed by atoms with E-state index in [1.54, 1.807) is 6.20 Å². The first-order valence-electron chi connectivity index (χ1n) is 3.56. The van der Waals surface area contributed by atoms with Crippen LogP contribution in [0.2, 0.25) is 0 Å². The lowest BCUT2D eigenvalue weighted by atomic mass is 10.3. The largest absolute Gasteiger partial charge is 0.252 e. The van der Waals surface area contributed by atoms with Crippen LogP contribution in [0.25, 0.3) is 0 Å². The third-order valence-corrected chi connectivity index (χ3v) is 1.56. The van der Waals surface area contributed by atoms with E-state index in [0.29, 0.717) is 5.82 Å². The van der Waals surface area contributed by atoms with Crippen LogP contribution < -0.4 is 0 Å². The maximum absolute atomic E-state index is 4.30. The van der Waals surface area contributed by atoms with E-state index in [1.165, 1.54) is 0 Å². The van der Waals surface area contributed by atoms with Crippen LogP contribution in [0.1, 0.15) is 11.4 Å². The van der Waals surface area contributed by atoms with E-state index < -0.39 is 0 Å². The number of aromatic nitrogens is 2. The molecule has 0 amide bonds. The molecule has 56 valence electrons. The van der Waals surface area contributed by atoms with Crippen LogP contribution in [0.5, 0.6) is 0 Å². The summed E-state index contributed by atoms with van der Waals surface area (Å²) in [6.45, 7) is 2.67. The second kappa shape index (κ2) is 2.38. The van der Waals surface area contributed by atoms with Crippen molar-refractivity contribution >= 4 is 5.82 Å². The summed E-state index contributed by atoms with van der Waals surface area (Å²) >= 11 is 0. The molecule has 0 aliphatic carbocycles. The highest BCUT2D eigenvalue weighted by Gasteiger charge is 2.08. The van der Waals surface area contributed by atoms with Gasteiger partial charge in [0.25, 0.3) is 0 Å². The molecule has 0 radical (unpaired) electrons. The summed E-state index contributed by atoms with van der Waals surface area (Å²) in [6.07, 6.45) is 2.58. The van der Waals surface area contributed by atoms with Crippen LogP contribution >= 0.6 is 0 Å². The maximum Gasteiger partial charge on any atom is 0.195 e. The van der Waals surface area contributed by atoms with Crippen molar-refractivity contribution in [3.8, 4) is 0 Å². The van der Waals surface area contributed by atoms with E-state index in [2.05, 4.69) is 20.2 Å². The first-order chi connectivity index (χ1) is 5.36. The molecule has 2 heterocycles. The quantitative estimate of drug-likeness (QED) is 0.558. The molecule has 11 heavy (non-hydrogen) atoms. The van der Waals surface area contributed by atoms with Gasteiger partial charge in [-0.2, -0.15) is 5.11 Å². The van der Waals surface area contributed by atoms with Crippen LogP contribution in [0.15, 0.2) is 16.4 Å². The highest BCUT2D eigenvalue weighted by atomic mass is 15.2. The molecular weight excluding hydrogens is 140 g/mol. The molecule has 1 aromatic rings. The Labute approximate surface area is 64.4 Å². The summed E-state index contributed by atoms with van der Waals surface area (Å²) in [5.74, 6) is 0.682. The first kappa shape index (κ1) is 6.39. The normalized spacial score (nSPS) is 14.6. The summed E-state index contributed by atoms with van der Waals surface area (Å²) in [6, 6.07) is 0. The van der Waals surface area contributed by atoms with E-state index in [0.717, 1.165) is 24.4 Å². The number of nitrogens with zero attached hydrogens (tertiary/aromatic N) is 4. The number of rotatable bonds is 0. The van der Waals surface area contributed by atoms with Crippen molar-refractivity contribution in [2.45, 2.75) is 13.3 Å². The fourth-order valence-electron chi connectivity index (χ4n) is 1.04. The predicted molar refractivity (Wildman–Crippen MR) is 39.9 cm³/mol. The van der Waals surface area contributed by atoms with Crippen molar-refractivity contribution in [3.63, 3.8) is 0 Å². The zero-order valence-corrected chi connectivity index (χ0v) is 6.28. The Morgan fingerprint density at radius 1 is 1.45 bits per heavy atom. The SMILES string of the molecule is Cc1cnc2c(n1)CCN=N2. The lowest BCUT2D eigenvalue weighted by Crippen LogP contribution is -2.00. The second-order valence-electron chi connectivity index (χ2n) is 2.50. The summed E-state index contributed by atoms with van der Waals surface area (Å²) in [4.78, 5) is 8.39. The van der Waals surface area contributed by atoms with E-state index >= 15 is 0 Å². The van der Waals surface area contributed by atoms with Gasteiger partial charge in [-0.05, 0) is 6.92 Å². The van der Waals surface area contributed by atoms with Gasteiger partial charge in [0.1, 0.15) is 0 Å². The monoisotopic (exact) mass is 148 g/mol. The number of hydrogen-bond donors (Lipinski definition) is 0. The fourth-order valence-corrected chi connectivity index (χ4v) is 1.04. The lowest BCUT2D eigenvalue weighted by molar-refractivity contribution is 0.805. The van der Waals surface area contributed by atoms with Gasteiger partial charge in [-0.3, -0.25) is 4.98 Å². The molecule has 2 rings (SSSR count). The minimum atomic E-state index is 0.682. The van der Waals surface area contributed by atoms with Gasteiger partial charge in [-0.15, -0.1) is 5.11 Å². The fraction of sp³-hybridized carbons (Fsp3) is 0.429. The lowest BCUT2D eigenvalue weighted by Gasteiger charge is -2.05. The molecule has 0 saturated carbocycles. The standard InChI is InChI=1S/C7H8N4/c1-5-4-8-7-6(10-5)2-3-9-11-7/h4H,2-3H2,1H3. The van der Waals surface area contributed by atoms with Gasteiger partial charge in [0.2, 0.25) is 0 Å². The maximum atomic E-state index is 4.30. The molecule has 0 saturated heterocycles. The molecule has 0 spiro atoms. The van der Waals surface area contributed by atoms with E-state index in [-0.39, 0.29) is 0 Å². The van der Waals surface area contributed by atoms with Gasteiger partial charge in [0, 0.05) is 6.42 Å². The molecule has 4 heteroatoms. The van der Waals surface area contributed by atoms with Crippen LogP contribution in [0.4, 0.5) is 5.82 Å². The molecule has 0 unspecified atom stereocenters. The van der Waals surface area contributed by atoms with Gasteiger partial charge in [-0.25, -0.2) is 4.98 Å². The number of hydrogen-bond acceptors (Lipinski definition) is 4. The minimum absolute atomic E-state index is 0.682. The highest BCUT2D eigenvalue weighted by Crippen LogP contribution is 2.18. The van der Waals surface area contributed by atoms with Gasteiger partial charge in [0.05, 0.1) is 24.1 Å². The average molecular weight is 148 g/mol. The molecule has 0 atom stereocenters. The molecule has 1 aliphatic rings. The van der Waals surface area contributed by atoms with Gasteiger partial charge in [0.15, 0.2) is 5.82 Å². The third kappa shape index (κ3) is 1.11. The molecule has 4 nitrogen and oxygen atoms in total. The van der Waals surface area contributed by atoms with E-state index in [9.17, 15) is 0 Å². The number of aryl methyl sites for hydroxylation is 1. The van der Waals surface area contributed by atoms with E-state index in [4.69, 9.17) is 0 Å². The molecule has 0 aromatic carbocycles. The van der Waals surface area contributed by atoms with Crippen molar-refractivity contribution in [2.75, 3.05) is 6.54 Å². The summed E-state index contributed by atoms with van der Waals surface area (Å²) < 4.78 is 0. The smallest absolute Gasteiger partial charge is 0.195 e. The van der Waals surface area contributed by atoms with Crippen LogP contribution in [-0.2, 0) is 6.42 Å². The Morgan fingerprint density at radius 2 is 2.36 bits per heavy atom. The molecule has 0 bridgehead atoms. The van der Waals surface area contributed by atoms with Crippen LogP contribution in [0, 0.1) is 6.92 Å². The van der Waals surface area contributed by atoms with E-state index in [1.807, 2.05) is 6.92 Å². The van der Waals surface area contributed by atoms with Crippen molar-refractivity contribution in [3.05, 3.63) is 17.6 Å². The topological polar surface area (TPSA) is 50.5 Å². The minimum Gasteiger partial charge on any atom is -0.252 e. The van der Waals surface area contributed by atoms with Gasteiger partial charge >= 0.3 is 0 Å². The summed E-state index contributed by atoms with van der Waals surface area (Å²) in [7, 11) is 0. The van der Waals surface area contributed by atoms with Crippen LogP contribution in [0.3, 0.4) is 0 Å². The van der Waals surface area contributed by atoms with Crippen molar-refractivity contribution in [2.24, 2.45) is 10.2 Å². The Balaban J connectivity index is 2.53. The molecule has 1 aliphatic heterocycles. The zero-order valence-electron chi connectivity index (χ0n) is 6.28. The first-order valence-corrected chi connectivity index (χ1v) is 3.56. The summed E-state index contributed by atoms with van der Waals surface area (Å²) in [5, 5.41) is 7.76. The molecule has 1 aromatic heterocycles. The van der Waals surface area contributed by atoms with Crippen molar-refractivity contribution < 1.29 is 0 Å². The molecular formula is C7H8N4. The molecule has 0 N–H and O–H groups in total. The second-order valence-corrected chi connectivity index (χ2v) is 2.50. The zero-order chi connectivity index (χ0) is 7.68. The number of fused-ring (bicyclic) bond motifs is 1. The third-order valence-electron chi connectivity index (χ3n) is 1.56. The Bertz CT molecular complexity index is 305. The predicted octanol–water partition coefficient (Wildman–Crippen LogP) is 1.42. The van der Waals surface area contributed by atoms with Gasteiger partial charge < -0.3 is 0 Å². The van der Waals surface area contributed by atoms with Crippen LogP contribution in [-0.4, -0.2) is 16.5 Å². The van der Waals surface area contributed by atoms with Crippen molar-refractivity contribution in [1.29, 1.82) is 0 Å². The Kier molecular flexibility index (Phi) is 1.38. The van der Waals surface area contributed by atoms with Gasteiger partial charge in [-0.1, -0.05) is 0 Å². The summed E-state index contributed by atoms with van der Waals surface area (Å²) in [5.41, 5.74) is 1.92. The highest BCUT2D eigenvalue weighted by molar-refractivity contribution is 5.34. The average Bonchev–Trinajstić information content (AvgIpc) is 2.04. The Hall–Kier alpha value is -1.32. The molecule has 0 fully saturated rings.